The topological polar surface area (TPSA) is 78.2 Å². The van der Waals surface area contributed by atoms with E-state index in [1.54, 1.807) is 30.3 Å². The highest BCUT2D eigenvalue weighted by Crippen LogP contribution is 2.17. The largest absolute Gasteiger partial charge is 0.304 e. The fourth-order valence-corrected chi connectivity index (χ4v) is 2.56. The van der Waals surface area contributed by atoms with Crippen molar-refractivity contribution in [1.29, 1.82) is 5.41 Å². The number of rotatable bonds is 4. The molecule has 0 aliphatic carbocycles. The average molecular weight is 275 g/mol. The minimum absolute atomic E-state index is 0.143. The van der Waals surface area contributed by atoms with Crippen molar-refractivity contribution in [3.8, 4) is 0 Å². The minimum Gasteiger partial charge on any atom is -0.304 e. The van der Waals surface area contributed by atoms with Crippen molar-refractivity contribution < 1.29 is 13.0 Å². The summed E-state index contributed by atoms with van der Waals surface area (Å²) in [4.78, 5) is -0.143. The molecule has 0 bridgehead atoms. The summed E-state index contributed by atoms with van der Waals surface area (Å²) in [6.07, 6.45) is 0.153. The lowest BCUT2D eigenvalue weighted by molar-refractivity contribution is 0.482. The second-order valence-corrected chi connectivity index (χ2v) is 5.49. The number of benzene rings is 2. The Balaban J connectivity index is 2.33. The zero-order chi connectivity index (χ0) is 13.9. The lowest BCUT2D eigenvalue weighted by Gasteiger charge is -2.08. The van der Waals surface area contributed by atoms with Crippen molar-refractivity contribution in [2.24, 2.45) is 0 Å². The highest BCUT2D eigenvalue weighted by Gasteiger charge is 2.15. The van der Waals surface area contributed by atoms with Crippen molar-refractivity contribution in [1.82, 2.24) is 0 Å². The maximum Gasteiger partial charge on any atom is 0.294 e. The summed E-state index contributed by atoms with van der Waals surface area (Å²) in [5.74, 6) is 0. The maximum atomic E-state index is 11.3. The molecule has 5 heteroatoms. The monoisotopic (exact) mass is 275 g/mol. The van der Waals surface area contributed by atoms with E-state index in [2.05, 4.69) is 0 Å². The molecule has 98 valence electrons. The molecule has 0 fully saturated rings. The summed E-state index contributed by atoms with van der Waals surface area (Å²) in [5.41, 5.74) is 1.45. The third-order valence-electron chi connectivity index (χ3n) is 2.74. The van der Waals surface area contributed by atoms with Gasteiger partial charge in [-0.05, 0) is 17.2 Å². The van der Waals surface area contributed by atoms with Gasteiger partial charge in [-0.15, -0.1) is 0 Å². The lowest BCUT2D eigenvalue weighted by Crippen LogP contribution is -2.08. The summed E-state index contributed by atoms with van der Waals surface area (Å²) in [6.45, 7) is 0. The fraction of sp³-hybridized carbons (Fsp3) is 0.0714. The van der Waals surface area contributed by atoms with Gasteiger partial charge in [0.15, 0.2) is 0 Å². The van der Waals surface area contributed by atoms with Crippen molar-refractivity contribution in [3.63, 3.8) is 0 Å². The van der Waals surface area contributed by atoms with Gasteiger partial charge in [-0.3, -0.25) is 4.55 Å². The van der Waals surface area contributed by atoms with E-state index in [4.69, 9.17) is 9.96 Å². The van der Waals surface area contributed by atoms with Gasteiger partial charge >= 0.3 is 0 Å². The molecule has 4 nitrogen and oxygen atoms in total. The molecule has 0 aromatic heterocycles. The molecule has 2 rings (SSSR count). The predicted octanol–water partition coefficient (Wildman–Crippen LogP) is 2.54. The molecule has 0 saturated carbocycles. The second-order valence-electron chi connectivity index (χ2n) is 4.10. The Bertz CT molecular complexity index is 694. The summed E-state index contributed by atoms with van der Waals surface area (Å²) >= 11 is 0. The highest BCUT2D eigenvalue weighted by molar-refractivity contribution is 7.85. The maximum absolute atomic E-state index is 11.3. The van der Waals surface area contributed by atoms with Gasteiger partial charge < -0.3 is 5.41 Å². The Morgan fingerprint density at radius 1 is 1.00 bits per heavy atom. The van der Waals surface area contributed by atoms with Gasteiger partial charge in [-0.2, -0.15) is 8.42 Å². The number of hydrogen-bond acceptors (Lipinski definition) is 3. The highest BCUT2D eigenvalue weighted by atomic mass is 32.2. The molecule has 0 radical (unpaired) electrons. The van der Waals surface area contributed by atoms with E-state index in [1.165, 1.54) is 6.07 Å². The Morgan fingerprint density at radius 2 is 1.58 bits per heavy atom. The van der Waals surface area contributed by atoms with Gasteiger partial charge in [0, 0.05) is 12.1 Å². The predicted molar refractivity (Wildman–Crippen MR) is 73.2 cm³/mol. The molecular weight excluding hydrogens is 262 g/mol. The first-order chi connectivity index (χ1) is 8.98. The van der Waals surface area contributed by atoms with Crippen LogP contribution in [0.15, 0.2) is 59.5 Å². The molecule has 0 unspecified atom stereocenters. The summed E-state index contributed by atoms with van der Waals surface area (Å²) in [5, 5.41) is 7.99. The normalized spacial score (nSPS) is 11.2. The van der Waals surface area contributed by atoms with Crippen LogP contribution in [-0.2, 0) is 16.5 Å². The van der Waals surface area contributed by atoms with Crippen LogP contribution >= 0.6 is 0 Å². The van der Waals surface area contributed by atoms with Crippen LogP contribution in [0.1, 0.15) is 11.1 Å². The van der Waals surface area contributed by atoms with Crippen molar-refractivity contribution in [2.45, 2.75) is 11.3 Å². The van der Waals surface area contributed by atoms with Gasteiger partial charge in [-0.1, -0.05) is 48.5 Å². The van der Waals surface area contributed by atoms with Crippen LogP contribution < -0.4 is 0 Å². The average Bonchev–Trinajstić information content (AvgIpc) is 2.39. The molecule has 0 saturated heterocycles. The van der Waals surface area contributed by atoms with E-state index in [0.717, 1.165) is 5.56 Å². The first-order valence-corrected chi connectivity index (χ1v) is 7.11. The van der Waals surface area contributed by atoms with Gasteiger partial charge in [0.2, 0.25) is 0 Å². The van der Waals surface area contributed by atoms with Crippen LogP contribution in [0.25, 0.3) is 0 Å². The van der Waals surface area contributed by atoms with Crippen LogP contribution in [0.3, 0.4) is 0 Å². The smallest absolute Gasteiger partial charge is 0.294 e. The van der Waals surface area contributed by atoms with E-state index in [-0.39, 0.29) is 11.3 Å². The lowest BCUT2D eigenvalue weighted by atomic mass is 10.0. The zero-order valence-corrected chi connectivity index (χ0v) is 10.9. The molecule has 0 aliphatic rings. The van der Waals surface area contributed by atoms with Crippen LogP contribution in [0.2, 0.25) is 0 Å². The second kappa shape index (κ2) is 5.34. The van der Waals surface area contributed by atoms with Gasteiger partial charge in [-0.25, -0.2) is 0 Å². The Labute approximate surface area is 112 Å². The van der Waals surface area contributed by atoms with E-state index in [0.29, 0.717) is 11.3 Å². The first-order valence-electron chi connectivity index (χ1n) is 5.67. The standard InChI is InChI=1S/C14H13NO3S/c15-13(11-6-2-1-3-7-11)10-12-8-4-5-9-14(12)19(16,17)18/h1-9,15H,10H2,(H,16,17,18). The Kier molecular flexibility index (Phi) is 3.78. The van der Waals surface area contributed by atoms with E-state index < -0.39 is 10.1 Å². The van der Waals surface area contributed by atoms with Crippen LogP contribution in [0, 0.1) is 5.41 Å². The molecule has 2 aromatic carbocycles. The fourth-order valence-electron chi connectivity index (χ4n) is 1.83. The third kappa shape index (κ3) is 3.27. The van der Waals surface area contributed by atoms with Gasteiger partial charge in [0.05, 0.1) is 4.90 Å². The Hall–Kier alpha value is -1.98. The van der Waals surface area contributed by atoms with E-state index in [9.17, 15) is 8.42 Å². The molecule has 0 amide bonds. The number of nitrogens with one attached hydrogen (secondary N) is 1. The zero-order valence-electron chi connectivity index (χ0n) is 10.1. The quantitative estimate of drug-likeness (QED) is 0.665. The molecular formula is C14H13NO3S. The minimum atomic E-state index is -4.26. The van der Waals surface area contributed by atoms with Crippen LogP contribution in [0.5, 0.6) is 0 Å². The molecule has 2 N–H and O–H groups in total. The first kappa shape index (κ1) is 13.5. The van der Waals surface area contributed by atoms with Crippen LogP contribution in [0.4, 0.5) is 0 Å². The molecule has 0 heterocycles. The summed E-state index contributed by atoms with van der Waals surface area (Å²) in [6, 6.07) is 15.2. The van der Waals surface area contributed by atoms with Crippen molar-refractivity contribution in [2.75, 3.05) is 0 Å². The molecule has 0 spiro atoms. The summed E-state index contributed by atoms with van der Waals surface area (Å²) in [7, 11) is -4.26. The molecule has 19 heavy (non-hydrogen) atoms. The molecule has 0 atom stereocenters. The van der Waals surface area contributed by atoms with E-state index in [1.807, 2.05) is 18.2 Å². The third-order valence-corrected chi connectivity index (χ3v) is 3.69. The summed E-state index contributed by atoms with van der Waals surface area (Å²) < 4.78 is 31.7. The Morgan fingerprint density at radius 3 is 2.21 bits per heavy atom. The SMILES string of the molecule is N=C(Cc1ccccc1S(=O)(=O)O)c1ccccc1. The molecule has 0 aliphatic heterocycles. The van der Waals surface area contributed by atoms with E-state index >= 15 is 0 Å². The molecule has 2 aromatic rings. The van der Waals surface area contributed by atoms with Crippen molar-refractivity contribution >= 4 is 15.8 Å². The number of hydrogen-bond donors (Lipinski definition) is 2. The van der Waals surface area contributed by atoms with Crippen molar-refractivity contribution in [3.05, 3.63) is 65.7 Å². The van der Waals surface area contributed by atoms with Gasteiger partial charge in [0.1, 0.15) is 0 Å². The van der Waals surface area contributed by atoms with Gasteiger partial charge in [0.25, 0.3) is 10.1 Å². The van der Waals surface area contributed by atoms with Crippen LogP contribution in [-0.4, -0.2) is 18.7 Å².